The van der Waals surface area contributed by atoms with Crippen molar-refractivity contribution in [3.8, 4) is 0 Å². The zero-order valence-corrected chi connectivity index (χ0v) is 17.0. The van der Waals surface area contributed by atoms with Gasteiger partial charge in [0.15, 0.2) is 0 Å². The van der Waals surface area contributed by atoms with Crippen LogP contribution in [0.5, 0.6) is 0 Å². The van der Waals surface area contributed by atoms with Gasteiger partial charge in [-0.2, -0.15) is 0 Å². The molecule has 1 amide bonds. The minimum atomic E-state index is -3.86. The summed E-state index contributed by atoms with van der Waals surface area (Å²) in [6.07, 6.45) is 6.25. The molecule has 0 aliphatic carbocycles. The number of carbonyl (C=O) groups excluding carboxylic acids is 1. The summed E-state index contributed by atoms with van der Waals surface area (Å²) in [6, 6.07) is 14.7. The van der Waals surface area contributed by atoms with Crippen molar-refractivity contribution in [3.05, 3.63) is 89.2 Å². The minimum Gasteiger partial charge on any atom is -0.322 e. The van der Waals surface area contributed by atoms with Gasteiger partial charge in [-0.3, -0.25) is 14.5 Å². The Morgan fingerprint density at radius 1 is 1.07 bits per heavy atom. The highest BCUT2D eigenvalue weighted by molar-refractivity contribution is 7.92. The Labute approximate surface area is 174 Å². The van der Waals surface area contributed by atoms with E-state index in [0.29, 0.717) is 22.0 Å². The lowest BCUT2D eigenvalue weighted by Gasteiger charge is -2.12. The fourth-order valence-electron chi connectivity index (χ4n) is 2.56. The van der Waals surface area contributed by atoms with E-state index < -0.39 is 10.0 Å². The Bertz CT molecular complexity index is 1160. The van der Waals surface area contributed by atoms with Gasteiger partial charge in [0.2, 0.25) is 5.91 Å². The summed E-state index contributed by atoms with van der Waals surface area (Å²) in [7, 11) is -3.86. The maximum absolute atomic E-state index is 12.8. The Morgan fingerprint density at radius 2 is 1.90 bits per heavy atom. The van der Waals surface area contributed by atoms with Crippen molar-refractivity contribution in [2.75, 3.05) is 10.0 Å². The first kappa shape index (κ1) is 20.6. The molecule has 0 saturated heterocycles. The lowest BCUT2D eigenvalue weighted by atomic mass is 10.2. The van der Waals surface area contributed by atoms with Crippen molar-refractivity contribution in [1.82, 2.24) is 4.98 Å². The first-order chi connectivity index (χ1) is 13.8. The van der Waals surface area contributed by atoms with Crippen LogP contribution in [0.1, 0.15) is 11.1 Å². The van der Waals surface area contributed by atoms with Crippen LogP contribution in [0.4, 0.5) is 11.4 Å². The highest BCUT2D eigenvalue weighted by atomic mass is 35.5. The molecule has 1 heterocycles. The van der Waals surface area contributed by atoms with Crippen molar-refractivity contribution in [2.45, 2.75) is 11.8 Å². The van der Waals surface area contributed by atoms with Gasteiger partial charge in [0.1, 0.15) is 0 Å². The monoisotopic (exact) mass is 427 g/mol. The molecule has 3 aromatic rings. The van der Waals surface area contributed by atoms with Gasteiger partial charge >= 0.3 is 0 Å². The molecule has 3 rings (SSSR count). The number of sulfonamides is 1. The Hall–Kier alpha value is -3.16. The van der Waals surface area contributed by atoms with Crippen LogP contribution in [-0.2, 0) is 14.8 Å². The smallest absolute Gasteiger partial charge is 0.262 e. The van der Waals surface area contributed by atoms with Gasteiger partial charge in [0, 0.05) is 29.2 Å². The van der Waals surface area contributed by atoms with Crippen molar-refractivity contribution in [3.63, 3.8) is 0 Å². The van der Waals surface area contributed by atoms with Crippen molar-refractivity contribution in [2.24, 2.45) is 0 Å². The third-order valence-electron chi connectivity index (χ3n) is 3.93. The second-order valence-electron chi connectivity index (χ2n) is 6.21. The van der Waals surface area contributed by atoms with Gasteiger partial charge in [-0.05, 0) is 60.5 Å². The maximum atomic E-state index is 12.8. The molecule has 1 aromatic heterocycles. The number of halogens is 1. The first-order valence-corrected chi connectivity index (χ1v) is 10.5. The highest BCUT2D eigenvalue weighted by Crippen LogP contribution is 2.24. The molecule has 0 spiro atoms. The van der Waals surface area contributed by atoms with Gasteiger partial charge in [0.05, 0.1) is 10.6 Å². The number of rotatable bonds is 6. The molecule has 2 N–H and O–H groups in total. The van der Waals surface area contributed by atoms with Crippen molar-refractivity contribution in [1.29, 1.82) is 0 Å². The summed E-state index contributed by atoms with van der Waals surface area (Å²) >= 11 is 5.91. The molecule has 0 aliphatic rings. The fraction of sp³-hybridized carbons (Fsp3) is 0.0476. The predicted octanol–water partition coefficient (Wildman–Crippen LogP) is 4.50. The van der Waals surface area contributed by atoms with Crippen LogP contribution in [0.2, 0.25) is 5.02 Å². The molecular weight excluding hydrogens is 410 g/mol. The van der Waals surface area contributed by atoms with Crippen LogP contribution >= 0.6 is 11.6 Å². The normalized spacial score (nSPS) is 11.4. The van der Waals surface area contributed by atoms with Crippen molar-refractivity contribution < 1.29 is 13.2 Å². The largest absolute Gasteiger partial charge is 0.322 e. The Kier molecular flexibility index (Phi) is 6.31. The van der Waals surface area contributed by atoms with Crippen LogP contribution in [0, 0.1) is 6.92 Å². The number of hydrogen-bond donors (Lipinski definition) is 2. The third-order valence-corrected chi connectivity index (χ3v) is 5.69. The van der Waals surface area contributed by atoms with E-state index in [-0.39, 0.29) is 10.8 Å². The number of aromatic nitrogens is 1. The van der Waals surface area contributed by atoms with E-state index in [1.54, 1.807) is 61.8 Å². The standard InChI is InChI=1S/C21H18ClN3O3S/c1-15-7-9-18(24-21(26)10-8-16-4-3-11-23-14-16)13-20(15)29(27,28)25-19-6-2-5-17(22)12-19/h2-14,25H,1H3,(H,24,26)/b10-8+. The Morgan fingerprint density at radius 3 is 2.62 bits per heavy atom. The van der Waals surface area contributed by atoms with E-state index in [9.17, 15) is 13.2 Å². The number of pyridine rings is 1. The summed E-state index contributed by atoms with van der Waals surface area (Å²) in [5.41, 5.74) is 2.04. The topological polar surface area (TPSA) is 88.2 Å². The number of nitrogens with one attached hydrogen (secondary N) is 2. The number of nitrogens with zero attached hydrogens (tertiary/aromatic N) is 1. The number of hydrogen-bond acceptors (Lipinski definition) is 4. The molecule has 0 bridgehead atoms. The van der Waals surface area contributed by atoms with Gasteiger partial charge in [-0.15, -0.1) is 0 Å². The SMILES string of the molecule is Cc1ccc(NC(=O)/C=C/c2cccnc2)cc1S(=O)(=O)Nc1cccc(Cl)c1. The summed E-state index contributed by atoms with van der Waals surface area (Å²) in [5.74, 6) is -0.385. The van der Waals surface area contributed by atoms with Gasteiger partial charge in [0.25, 0.3) is 10.0 Å². The summed E-state index contributed by atoms with van der Waals surface area (Å²) in [4.78, 5) is 16.2. The number of aryl methyl sites for hydroxylation is 1. The number of benzene rings is 2. The first-order valence-electron chi connectivity index (χ1n) is 8.62. The molecule has 148 valence electrons. The summed E-state index contributed by atoms with van der Waals surface area (Å²) in [5, 5.41) is 3.09. The second-order valence-corrected chi connectivity index (χ2v) is 8.29. The van der Waals surface area contributed by atoms with Crippen LogP contribution in [0.15, 0.2) is 78.0 Å². The van der Waals surface area contributed by atoms with E-state index in [1.807, 2.05) is 6.07 Å². The second kappa shape index (κ2) is 8.89. The maximum Gasteiger partial charge on any atom is 0.262 e. The van der Waals surface area contributed by atoms with E-state index in [2.05, 4.69) is 15.0 Å². The third kappa shape index (κ3) is 5.66. The lowest BCUT2D eigenvalue weighted by molar-refractivity contribution is -0.111. The van der Waals surface area contributed by atoms with E-state index >= 15 is 0 Å². The van der Waals surface area contributed by atoms with E-state index in [4.69, 9.17) is 11.6 Å². The number of anilines is 2. The number of carbonyl (C=O) groups is 1. The molecule has 0 aliphatic heterocycles. The fourth-order valence-corrected chi connectivity index (χ4v) is 4.07. The molecule has 0 saturated carbocycles. The predicted molar refractivity (Wildman–Crippen MR) is 115 cm³/mol. The zero-order chi connectivity index (χ0) is 20.9. The van der Waals surface area contributed by atoms with Crippen LogP contribution < -0.4 is 10.0 Å². The lowest BCUT2D eigenvalue weighted by Crippen LogP contribution is -2.15. The molecule has 0 fully saturated rings. The van der Waals surface area contributed by atoms with Crippen LogP contribution in [0.25, 0.3) is 6.08 Å². The number of amides is 1. The molecule has 0 radical (unpaired) electrons. The van der Waals surface area contributed by atoms with Gasteiger partial charge in [-0.1, -0.05) is 29.8 Å². The Balaban J connectivity index is 1.78. The van der Waals surface area contributed by atoms with E-state index in [1.165, 1.54) is 18.2 Å². The molecule has 29 heavy (non-hydrogen) atoms. The van der Waals surface area contributed by atoms with Gasteiger partial charge in [-0.25, -0.2) is 8.42 Å². The minimum absolute atomic E-state index is 0.0616. The van der Waals surface area contributed by atoms with Crippen LogP contribution in [0.3, 0.4) is 0 Å². The van der Waals surface area contributed by atoms with Crippen LogP contribution in [-0.4, -0.2) is 19.3 Å². The quantitative estimate of drug-likeness (QED) is 0.567. The molecule has 0 atom stereocenters. The molecule has 0 unspecified atom stereocenters. The van der Waals surface area contributed by atoms with Gasteiger partial charge < -0.3 is 5.32 Å². The summed E-state index contributed by atoms with van der Waals surface area (Å²) in [6.45, 7) is 1.68. The molecule has 2 aromatic carbocycles. The summed E-state index contributed by atoms with van der Waals surface area (Å²) < 4.78 is 28.1. The molecule has 6 nitrogen and oxygen atoms in total. The molecule has 8 heteroatoms. The molecular formula is C21H18ClN3O3S. The van der Waals surface area contributed by atoms with Crippen molar-refractivity contribution >= 4 is 45.0 Å². The van der Waals surface area contributed by atoms with E-state index in [0.717, 1.165) is 5.56 Å². The average molecular weight is 428 g/mol. The zero-order valence-electron chi connectivity index (χ0n) is 15.5. The average Bonchev–Trinajstić information content (AvgIpc) is 2.68. The highest BCUT2D eigenvalue weighted by Gasteiger charge is 2.18.